The predicted molar refractivity (Wildman–Crippen MR) is 167 cm³/mol. The van der Waals surface area contributed by atoms with Gasteiger partial charge in [-0.3, -0.25) is 4.79 Å². The summed E-state index contributed by atoms with van der Waals surface area (Å²) in [4.78, 5) is 26.2. The fourth-order valence-electron chi connectivity index (χ4n) is 5.27. The van der Waals surface area contributed by atoms with E-state index in [0.29, 0.717) is 93.4 Å². The molecule has 4 aromatic rings. The number of carbonyl (C=O) groups is 1. The lowest BCUT2D eigenvalue weighted by atomic mass is 10.2. The molecule has 44 heavy (non-hydrogen) atoms. The molecule has 1 aromatic heterocycles. The third kappa shape index (κ3) is 7.23. The molecule has 0 bridgehead atoms. The molecule has 2 aliphatic rings. The highest BCUT2D eigenvalue weighted by atomic mass is 16.6. The van der Waals surface area contributed by atoms with E-state index in [2.05, 4.69) is 9.88 Å². The summed E-state index contributed by atoms with van der Waals surface area (Å²) < 4.78 is 29.4. The van der Waals surface area contributed by atoms with Crippen LogP contribution in [-0.4, -0.2) is 86.1 Å². The summed E-state index contributed by atoms with van der Waals surface area (Å²) in [5.41, 5.74) is 7.09. The number of hydrogen-bond donors (Lipinski definition) is 1. The van der Waals surface area contributed by atoms with Gasteiger partial charge >= 0.3 is 0 Å². The molecule has 3 aromatic carbocycles. The number of carbonyl (C=O) groups excluding carboxylic acids is 1. The van der Waals surface area contributed by atoms with E-state index in [1.165, 1.54) is 0 Å². The van der Waals surface area contributed by atoms with Gasteiger partial charge < -0.3 is 39.2 Å². The Balaban J connectivity index is 1.15. The van der Waals surface area contributed by atoms with Crippen LogP contribution in [0.5, 0.6) is 23.0 Å². The van der Waals surface area contributed by atoms with Gasteiger partial charge in [0.25, 0.3) is 5.91 Å². The van der Waals surface area contributed by atoms with Crippen molar-refractivity contribution in [3.63, 3.8) is 0 Å². The van der Waals surface area contributed by atoms with Gasteiger partial charge in [0.05, 0.1) is 5.52 Å². The Kier molecular flexibility index (Phi) is 9.41. The van der Waals surface area contributed by atoms with E-state index in [1.807, 2.05) is 77.7 Å². The number of rotatable bonds is 12. The van der Waals surface area contributed by atoms with Crippen molar-refractivity contribution in [2.45, 2.75) is 18.9 Å². The summed E-state index contributed by atoms with van der Waals surface area (Å²) in [6, 6.07) is 22.8. The molecule has 2 fully saturated rings. The Labute approximate surface area is 256 Å². The van der Waals surface area contributed by atoms with Crippen LogP contribution >= 0.6 is 0 Å². The highest BCUT2D eigenvalue weighted by Gasteiger charge is 2.31. The first-order chi connectivity index (χ1) is 21.6. The summed E-state index contributed by atoms with van der Waals surface area (Å²) in [7, 11) is 0. The Morgan fingerprint density at radius 1 is 0.795 bits per heavy atom. The van der Waals surface area contributed by atoms with E-state index in [9.17, 15) is 4.79 Å². The lowest BCUT2D eigenvalue weighted by Crippen LogP contribution is -2.51. The minimum atomic E-state index is -0.313. The van der Waals surface area contributed by atoms with Gasteiger partial charge in [-0.1, -0.05) is 36.4 Å². The Morgan fingerprint density at radius 2 is 1.39 bits per heavy atom. The van der Waals surface area contributed by atoms with Crippen molar-refractivity contribution >= 4 is 28.6 Å². The molecule has 0 aliphatic carbocycles. The van der Waals surface area contributed by atoms with Crippen molar-refractivity contribution in [2.75, 3.05) is 69.8 Å². The SMILES string of the molecule is Nc1nc(N2CCN(C(=O)C3CCCO3)CC2)nc2cc(OCCOc3ccccc3)c(OCCOc3ccccc3)cc12. The predicted octanol–water partition coefficient (Wildman–Crippen LogP) is 3.96. The number of benzene rings is 3. The van der Waals surface area contributed by atoms with Crippen LogP contribution in [0.1, 0.15) is 12.8 Å². The first-order valence-corrected chi connectivity index (χ1v) is 15.0. The van der Waals surface area contributed by atoms with Crippen molar-refractivity contribution in [1.82, 2.24) is 14.9 Å². The maximum absolute atomic E-state index is 12.8. The van der Waals surface area contributed by atoms with Crippen LogP contribution in [0.2, 0.25) is 0 Å². The lowest BCUT2D eigenvalue weighted by Gasteiger charge is -2.35. The van der Waals surface area contributed by atoms with Gasteiger partial charge in [0, 0.05) is 44.2 Å². The van der Waals surface area contributed by atoms with E-state index in [0.717, 1.165) is 24.3 Å². The number of nitrogens with two attached hydrogens (primary N) is 1. The van der Waals surface area contributed by atoms with E-state index >= 15 is 0 Å². The molecule has 0 saturated carbocycles. The Hall–Kier alpha value is -4.77. The van der Waals surface area contributed by atoms with Crippen molar-refractivity contribution in [3.8, 4) is 23.0 Å². The number of nitrogens with zero attached hydrogens (tertiary/aromatic N) is 4. The van der Waals surface area contributed by atoms with Crippen LogP contribution in [0.3, 0.4) is 0 Å². The number of aromatic nitrogens is 2. The maximum atomic E-state index is 12.8. The van der Waals surface area contributed by atoms with E-state index in [4.69, 9.17) is 34.4 Å². The molecule has 0 spiro atoms. The highest BCUT2D eigenvalue weighted by Crippen LogP contribution is 2.35. The van der Waals surface area contributed by atoms with Gasteiger partial charge in [0.15, 0.2) is 11.5 Å². The van der Waals surface area contributed by atoms with Crippen molar-refractivity contribution in [3.05, 3.63) is 72.8 Å². The van der Waals surface area contributed by atoms with Crippen LogP contribution in [0.25, 0.3) is 10.9 Å². The summed E-state index contributed by atoms with van der Waals surface area (Å²) >= 11 is 0. The number of nitrogen functional groups attached to an aromatic ring is 1. The minimum Gasteiger partial charge on any atom is -0.490 e. The first kappa shape index (κ1) is 29.3. The minimum absolute atomic E-state index is 0.0702. The summed E-state index contributed by atoms with van der Waals surface area (Å²) in [5, 5.41) is 0.660. The summed E-state index contributed by atoms with van der Waals surface area (Å²) in [6.45, 7) is 4.31. The number of hydrogen-bond acceptors (Lipinski definition) is 10. The van der Waals surface area contributed by atoms with Crippen molar-refractivity contribution in [2.24, 2.45) is 0 Å². The summed E-state index contributed by atoms with van der Waals surface area (Å²) in [5.74, 6) is 3.50. The van der Waals surface area contributed by atoms with E-state index < -0.39 is 0 Å². The molecule has 2 N–H and O–H groups in total. The van der Waals surface area contributed by atoms with Crippen LogP contribution in [-0.2, 0) is 9.53 Å². The zero-order valence-electron chi connectivity index (χ0n) is 24.6. The topological polar surface area (TPSA) is 122 Å². The molecule has 2 aliphatic heterocycles. The first-order valence-electron chi connectivity index (χ1n) is 15.0. The van der Waals surface area contributed by atoms with Gasteiger partial charge in [0.2, 0.25) is 5.95 Å². The molecule has 1 unspecified atom stereocenters. The quantitative estimate of drug-likeness (QED) is 0.240. The Morgan fingerprint density at radius 3 is 1.98 bits per heavy atom. The second kappa shape index (κ2) is 14.1. The maximum Gasteiger partial charge on any atom is 0.251 e. The van der Waals surface area contributed by atoms with Crippen LogP contribution in [0.4, 0.5) is 11.8 Å². The Bertz CT molecular complexity index is 1530. The monoisotopic (exact) mass is 599 g/mol. The zero-order valence-corrected chi connectivity index (χ0v) is 24.6. The number of fused-ring (bicyclic) bond motifs is 1. The number of anilines is 2. The fraction of sp³-hybridized carbons (Fsp3) is 0.364. The van der Waals surface area contributed by atoms with Gasteiger partial charge in [-0.05, 0) is 43.2 Å². The van der Waals surface area contributed by atoms with Crippen LogP contribution < -0.4 is 29.6 Å². The number of piperazine rings is 1. The normalized spacial score (nSPS) is 16.6. The van der Waals surface area contributed by atoms with Crippen molar-refractivity contribution < 1.29 is 28.5 Å². The third-order valence-electron chi connectivity index (χ3n) is 7.56. The average Bonchev–Trinajstić information content (AvgIpc) is 3.61. The lowest BCUT2D eigenvalue weighted by molar-refractivity contribution is -0.141. The molecule has 2 saturated heterocycles. The number of para-hydroxylation sites is 2. The number of amides is 1. The second-order valence-corrected chi connectivity index (χ2v) is 10.6. The molecule has 0 radical (unpaired) electrons. The molecular formula is C33H37N5O6. The van der Waals surface area contributed by atoms with Gasteiger partial charge in [0.1, 0.15) is 49.8 Å². The third-order valence-corrected chi connectivity index (χ3v) is 7.56. The van der Waals surface area contributed by atoms with Crippen LogP contribution in [0, 0.1) is 0 Å². The average molecular weight is 600 g/mol. The summed E-state index contributed by atoms with van der Waals surface area (Å²) in [6.07, 6.45) is 1.41. The van der Waals surface area contributed by atoms with Gasteiger partial charge in [-0.15, -0.1) is 0 Å². The van der Waals surface area contributed by atoms with Gasteiger partial charge in [-0.2, -0.15) is 4.98 Å². The standard InChI is InChI=1S/C33H37N5O6/c34-31-26-22-29(43-20-18-40-24-8-3-1-4-9-24)30(44-21-19-41-25-10-5-2-6-11-25)23-27(26)35-33(36-31)38-15-13-37(14-16-38)32(39)28-12-7-17-42-28/h1-6,8-11,22-23,28H,7,12-21H2,(H2,34,35,36). The smallest absolute Gasteiger partial charge is 0.251 e. The van der Waals surface area contributed by atoms with Crippen molar-refractivity contribution in [1.29, 1.82) is 0 Å². The number of ether oxygens (including phenoxy) is 5. The fourth-order valence-corrected chi connectivity index (χ4v) is 5.27. The molecule has 11 nitrogen and oxygen atoms in total. The molecule has 11 heteroatoms. The molecular weight excluding hydrogens is 562 g/mol. The van der Waals surface area contributed by atoms with Crippen LogP contribution in [0.15, 0.2) is 72.8 Å². The van der Waals surface area contributed by atoms with E-state index in [1.54, 1.807) is 0 Å². The highest BCUT2D eigenvalue weighted by molar-refractivity contribution is 5.91. The molecule has 3 heterocycles. The molecule has 1 amide bonds. The largest absolute Gasteiger partial charge is 0.490 e. The van der Waals surface area contributed by atoms with E-state index in [-0.39, 0.29) is 12.0 Å². The van der Waals surface area contributed by atoms with Gasteiger partial charge in [-0.25, -0.2) is 4.98 Å². The molecule has 6 rings (SSSR count). The second-order valence-electron chi connectivity index (χ2n) is 10.6. The zero-order chi connectivity index (χ0) is 30.1. The molecule has 230 valence electrons. The molecule has 1 atom stereocenters.